The Hall–Kier alpha value is -5.03. The van der Waals surface area contributed by atoms with Crippen LogP contribution in [0.1, 0.15) is 20.7 Å². The molecule has 4 rings (SSSR count). The van der Waals surface area contributed by atoms with Crippen LogP contribution in [0.25, 0.3) is 0 Å². The molecule has 0 unspecified atom stereocenters. The summed E-state index contributed by atoms with van der Waals surface area (Å²) in [5.74, 6) is -2.78. The zero-order chi connectivity index (χ0) is 26.7. The Kier molecular flexibility index (Phi) is 6.72. The van der Waals surface area contributed by atoms with Crippen molar-refractivity contribution in [3.8, 4) is 23.0 Å². The van der Waals surface area contributed by atoms with E-state index in [0.717, 1.165) is 24.3 Å². The number of para-hydroxylation sites is 2. The molecule has 0 aliphatic carbocycles. The third-order valence-electron chi connectivity index (χ3n) is 5.28. The summed E-state index contributed by atoms with van der Waals surface area (Å²) in [4.78, 5) is 22.8. The fraction of sp³-hybridized carbons (Fsp3) is 0. The van der Waals surface area contributed by atoms with Crippen LogP contribution in [0.5, 0.6) is 23.0 Å². The monoisotopic (exact) mass is 520 g/mol. The zero-order valence-corrected chi connectivity index (χ0v) is 19.8. The van der Waals surface area contributed by atoms with Gasteiger partial charge < -0.3 is 31.2 Å². The predicted molar refractivity (Wildman–Crippen MR) is 134 cm³/mol. The number of sulfone groups is 1. The summed E-state index contributed by atoms with van der Waals surface area (Å²) in [6.45, 7) is 0. The van der Waals surface area contributed by atoms with E-state index in [0.29, 0.717) is 11.5 Å². The zero-order valence-electron chi connectivity index (χ0n) is 19.0. The van der Waals surface area contributed by atoms with Crippen LogP contribution in [-0.2, 0) is 9.84 Å². The minimum Gasteiger partial charge on any atom is -0.477 e. The maximum atomic E-state index is 13.5. The standard InChI is InChI=1S/C26H20N2O8S/c27-23-19(13-11-17(21(23)25(29)30)35-15-7-3-1-4-8-15)37(33,34)20-14-12-18(22(24(20)28)26(31)32)36-16-9-5-2-6-10-16/h1-14H,27-28H2,(H,29,30)(H,31,32). The van der Waals surface area contributed by atoms with Crippen LogP contribution < -0.4 is 20.9 Å². The maximum absolute atomic E-state index is 13.5. The number of carbonyl (C=O) groups is 2. The van der Waals surface area contributed by atoms with Crippen LogP contribution in [0, 0.1) is 0 Å². The van der Waals surface area contributed by atoms with Crippen molar-refractivity contribution in [3.63, 3.8) is 0 Å². The van der Waals surface area contributed by atoms with E-state index in [4.69, 9.17) is 20.9 Å². The highest BCUT2D eigenvalue weighted by Crippen LogP contribution is 2.40. The second-order valence-electron chi connectivity index (χ2n) is 7.64. The molecule has 6 N–H and O–H groups in total. The molecule has 11 heteroatoms. The number of hydrogen-bond donors (Lipinski definition) is 4. The minimum atomic E-state index is -4.58. The molecule has 0 spiro atoms. The van der Waals surface area contributed by atoms with Gasteiger partial charge in [0.25, 0.3) is 0 Å². The molecule has 0 bridgehead atoms. The highest BCUT2D eigenvalue weighted by Gasteiger charge is 2.31. The van der Waals surface area contributed by atoms with Gasteiger partial charge in [0.15, 0.2) is 0 Å². The van der Waals surface area contributed by atoms with Crippen molar-refractivity contribution >= 4 is 33.2 Å². The van der Waals surface area contributed by atoms with Gasteiger partial charge in [-0.2, -0.15) is 0 Å². The molecule has 0 atom stereocenters. The third kappa shape index (κ3) is 4.88. The van der Waals surface area contributed by atoms with Gasteiger partial charge in [0.2, 0.25) is 9.84 Å². The van der Waals surface area contributed by atoms with Crippen molar-refractivity contribution in [2.75, 3.05) is 11.5 Å². The summed E-state index contributed by atoms with van der Waals surface area (Å²) in [5.41, 5.74) is 9.69. The Morgan fingerprint density at radius 2 is 0.946 bits per heavy atom. The first-order valence-corrected chi connectivity index (χ1v) is 12.1. The lowest BCUT2D eigenvalue weighted by Crippen LogP contribution is -2.15. The molecule has 37 heavy (non-hydrogen) atoms. The molecule has 0 fully saturated rings. The number of carboxylic acid groups (broad SMARTS) is 2. The van der Waals surface area contributed by atoms with Crippen molar-refractivity contribution in [2.24, 2.45) is 0 Å². The van der Waals surface area contributed by atoms with Crippen molar-refractivity contribution in [1.29, 1.82) is 0 Å². The van der Waals surface area contributed by atoms with E-state index in [1.807, 2.05) is 0 Å². The van der Waals surface area contributed by atoms with Gasteiger partial charge in [-0.1, -0.05) is 36.4 Å². The normalized spacial score (nSPS) is 11.0. The van der Waals surface area contributed by atoms with Crippen molar-refractivity contribution in [3.05, 3.63) is 96.1 Å². The fourth-order valence-corrected chi connectivity index (χ4v) is 5.10. The lowest BCUT2D eigenvalue weighted by atomic mass is 10.1. The molecule has 4 aromatic rings. The van der Waals surface area contributed by atoms with Crippen LogP contribution >= 0.6 is 0 Å². The Bertz CT molecular complexity index is 1490. The molecule has 0 saturated carbocycles. The number of aromatic carboxylic acids is 2. The van der Waals surface area contributed by atoms with Gasteiger partial charge in [0, 0.05) is 0 Å². The van der Waals surface area contributed by atoms with Crippen LogP contribution in [-0.4, -0.2) is 30.6 Å². The molecule has 0 amide bonds. The molecule has 0 aromatic heterocycles. The number of anilines is 2. The molecule has 0 heterocycles. The number of nitrogen functional groups attached to an aromatic ring is 2. The Labute approximate surface area is 211 Å². The molecule has 10 nitrogen and oxygen atoms in total. The fourth-order valence-electron chi connectivity index (χ4n) is 3.59. The lowest BCUT2D eigenvalue weighted by molar-refractivity contribution is 0.0684. The molecule has 0 radical (unpaired) electrons. The first-order chi connectivity index (χ1) is 17.6. The van der Waals surface area contributed by atoms with Crippen molar-refractivity contribution in [2.45, 2.75) is 9.79 Å². The van der Waals surface area contributed by atoms with E-state index >= 15 is 0 Å². The summed E-state index contributed by atoms with van der Waals surface area (Å²) < 4.78 is 38.3. The summed E-state index contributed by atoms with van der Waals surface area (Å²) in [6.07, 6.45) is 0. The summed E-state index contributed by atoms with van der Waals surface area (Å²) in [6, 6.07) is 20.9. The SMILES string of the molecule is Nc1c(S(=O)(=O)c2ccc(Oc3ccccc3)c(C(=O)O)c2N)ccc(Oc2ccccc2)c1C(=O)O. The Morgan fingerprint density at radius 1 is 0.595 bits per heavy atom. The highest BCUT2D eigenvalue weighted by atomic mass is 32.2. The minimum absolute atomic E-state index is 0.180. The van der Waals surface area contributed by atoms with Gasteiger partial charge in [0.1, 0.15) is 34.1 Å². The Balaban J connectivity index is 1.82. The topological polar surface area (TPSA) is 179 Å². The van der Waals surface area contributed by atoms with Gasteiger partial charge >= 0.3 is 11.9 Å². The van der Waals surface area contributed by atoms with E-state index in [9.17, 15) is 28.2 Å². The molecular formula is C26H20N2O8S. The van der Waals surface area contributed by atoms with Gasteiger partial charge in [-0.3, -0.25) is 0 Å². The molecule has 0 saturated heterocycles. The molecule has 188 valence electrons. The van der Waals surface area contributed by atoms with Crippen LogP contribution in [0.2, 0.25) is 0 Å². The van der Waals surface area contributed by atoms with Crippen molar-refractivity contribution in [1.82, 2.24) is 0 Å². The van der Waals surface area contributed by atoms with E-state index in [1.165, 1.54) is 0 Å². The van der Waals surface area contributed by atoms with Gasteiger partial charge in [-0.05, 0) is 48.5 Å². The molecular weight excluding hydrogens is 500 g/mol. The average Bonchev–Trinajstić information content (AvgIpc) is 2.84. The predicted octanol–water partition coefficient (Wildman–Crippen LogP) is 4.66. The molecule has 0 aliphatic rings. The van der Waals surface area contributed by atoms with Crippen LogP contribution in [0.3, 0.4) is 0 Å². The third-order valence-corrected chi connectivity index (χ3v) is 7.15. The largest absolute Gasteiger partial charge is 0.477 e. The van der Waals surface area contributed by atoms with Gasteiger partial charge in [0.05, 0.1) is 21.2 Å². The Morgan fingerprint density at radius 3 is 1.27 bits per heavy atom. The first-order valence-electron chi connectivity index (χ1n) is 10.6. The summed E-state index contributed by atoms with van der Waals surface area (Å²) in [7, 11) is -4.58. The van der Waals surface area contributed by atoms with Crippen LogP contribution in [0.4, 0.5) is 11.4 Å². The van der Waals surface area contributed by atoms with Gasteiger partial charge in [-0.15, -0.1) is 0 Å². The maximum Gasteiger partial charge on any atom is 0.341 e. The lowest BCUT2D eigenvalue weighted by Gasteiger charge is -2.17. The smallest absolute Gasteiger partial charge is 0.341 e. The van der Waals surface area contributed by atoms with E-state index in [1.54, 1.807) is 60.7 Å². The number of hydrogen-bond acceptors (Lipinski definition) is 8. The van der Waals surface area contributed by atoms with Crippen molar-refractivity contribution < 1.29 is 37.7 Å². The van der Waals surface area contributed by atoms with E-state index in [-0.39, 0.29) is 11.5 Å². The number of nitrogens with two attached hydrogens (primary N) is 2. The number of benzene rings is 4. The summed E-state index contributed by atoms with van der Waals surface area (Å²) in [5, 5.41) is 19.5. The average molecular weight is 521 g/mol. The van der Waals surface area contributed by atoms with Crippen LogP contribution in [0.15, 0.2) is 94.7 Å². The highest BCUT2D eigenvalue weighted by molar-refractivity contribution is 7.91. The summed E-state index contributed by atoms with van der Waals surface area (Å²) >= 11 is 0. The molecule has 4 aromatic carbocycles. The second-order valence-corrected chi connectivity index (χ2v) is 9.53. The molecule has 0 aliphatic heterocycles. The second kappa shape index (κ2) is 9.91. The van der Waals surface area contributed by atoms with E-state index in [2.05, 4.69) is 0 Å². The number of ether oxygens (including phenoxy) is 2. The van der Waals surface area contributed by atoms with Gasteiger partial charge in [-0.25, -0.2) is 18.0 Å². The number of rotatable bonds is 8. The quantitative estimate of drug-likeness (QED) is 0.239. The number of carboxylic acids is 2. The first kappa shape index (κ1) is 25.1. The van der Waals surface area contributed by atoms with E-state index < -0.39 is 54.1 Å².